The molecule has 1 nitrogen and oxygen atoms in total. The highest BCUT2D eigenvalue weighted by Gasteiger charge is 2.21. The van der Waals surface area contributed by atoms with Crippen LogP contribution in [0.25, 0.3) is 0 Å². The van der Waals surface area contributed by atoms with Crippen molar-refractivity contribution in [3.05, 3.63) is 23.2 Å². The van der Waals surface area contributed by atoms with E-state index >= 15 is 0 Å². The molecule has 0 spiro atoms. The molecule has 2 rings (SSSR count). The van der Waals surface area contributed by atoms with Gasteiger partial charge in [-0.3, -0.25) is 0 Å². The van der Waals surface area contributed by atoms with Crippen LogP contribution in [0.1, 0.15) is 39.0 Å². The summed E-state index contributed by atoms with van der Waals surface area (Å²) in [7, 11) is 0. The number of thioether (sulfide) groups is 1. The molecule has 0 amide bonds. The minimum Gasteiger partial charge on any atom is -0.398 e. The minimum absolute atomic E-state index is 0.672. The molecule has 17 heavy (non-hydrogen) atoms. The van der Waals surface area contributed by atoms with E-state index in [9.17, 15) is 0 Å². The van der Waals surface area contributed by atoms with Gasteiger partial charge in [-0.2, -0.15) is 0 Å². The summed E-state index contributed by atoms with van der Waals surface area (Å²) in [4.78, 5) is 1.26. The molecule has 1 aromatic rings. The molecule has 1 aliphatic rings. The largest absolute Gasteiger partial charge is 0.398 e. The van der Waals surface area contributed by atoms with Crippen molar-refractivity contribution in [1.29, 1.82) is 0 Å². The first-order valence-corrected chi connectivity index (χ1v) is 7.66. The second kappa shape index (κ2) is 6.01. The van der Waals surface area contributed by atoms with Crippen molar-refractivity contribution in [2.24, 2.45) is 5.92 Å². The monoisotopic (exact) mass is 269 g/mol. The molecule has 1 saturated carbocycles. The Labute approximate surface area is 113 Å². The van der Waals surface area contributed by atoms with Gasteiger partial charge in [-0.15, -0.1) is 11.8 Å². The fourth-order valence-corrected chi connectivity index (χ4v) is 4.11. The topological polar surface area (TPSA) is 26.0 Å². The van der Waals surface area contributed by atoms with Crippen LogP contribution < -0.4 is 5.73 Å². The van der Waals surface area contributed by atoms with Gasteiger partial charge in [0.05, 0.1) is 10.7 Å². The first kappa shape index (κ1) is 13.1. The Morgan fingerprint density at radius 1 is 1.41 bits per heavy atom. The van der Waals surface area contributed by atoms with Crippen LogP contribution in [-0.4, -0.2) is 5.25 Å². The Morgan fingerprint density at radius 2 is 2.24 bits per heavy atom. The summed E-state index contributed by atoms with van der Waals surface area (Å²) in [5, 5.41) is 1.44. The van der Waals surface area contributed by atoms with Crippen molar-refractivity contribution in [2.45, 2.75) is 49.2 Å². The predicted molar refractivity (Wildman–Crippen MR) is 77.8 cm³/mol. The molecule has 1 fully saturated rings. The molecule has 3 heteroatoms. The van der Waals surface area contributed by atoms with Crippen LogP contribution in [0.2, 0.25) is 5.02 Å². The highest BCUT2D eigenvalue weighted by molar-refractivity contribution is 8.00. The zero-order valence-electron chi connectivity index (χ0n) is 10.3. The first-order chi connectivity index (χ1) is 8.19. The molecule has 0 radical (unpaired) electrons. The SMILES string of the molecule is CCC1CCCC(Sc2ccc(N)c(Cl)c2)C1. The molecule has 0 aromatic heterocycles. The quantitative estimate of drug-likeness (QED) is 0.783. The molecular formula is C14H20ClNS. The summed E-state index contributed by atoms with van der Waals surface area (Å²) < 4.78 is 0. The lowest BCUT2D eigenvalue weighted by Gasteiger charge is -2.28. The summed E-state index contributed by atoms with van der Waals surface area (Å²) in [5.41, 5.74) is 6.40. The Morgan fingerprint density at radius 3 is 2.94 bits per heavy atom. The molecule has 2 unspecified atom stereocenters. The van der Waals surface area contributed by atoms with Gasteiger partial charge in [0.15, 0.2) is 0 Å². The number of anilines is 1. The third kappa shape index (κ3) is 3.56. The normalized spacial score (nSPS) is 24.8. The number of hydrogen-bond acceptors (Lipinski definition) is 2. The van der Waals surface area contributed by atoms with Crippen LogP contribution >= 0.6 is 23.4 Å². The van der Waals surface area contributed by atoms with Gasteiger partial charge in [-0.25, -0.2) is 0 Å². The van der Waals surface area contributed by atoms with Crippen LogP contribution in [0.15, 0.2) is 23.1 Å². The van der Waals surface area contributed by atoms with Crippen LogP contribution in [0.3, 0.4) is 0 Å². The lowest BCUT2D eigenvalue weighted by atomic mass is 9.87. The van der Waals surface area contributed by atoms with E-state index in [-0.39, 0.29) is 0 Å². The molecule has 1 aliphatic carbocycles. The van der Waals surface area contributed by atoms with Crippen molar-refractivity contribution in [1.82, 2.24) is 0 Å². The van der Waals surface area contributed by atoms with Gasteiger partial charge in [0.2, 0.25) is 0 Å². The zero-order chi connectivity index (χ0) is 12.3. The summed E-state index contributed by atoms with van der Waals surface area (Å²) in [6.07, 6.45) is 6.79. The molecule has 0 heterocycles. The second-order valence-electron chi connectivity index (χ2n) is 4.86. The summed E-state index contributed by atoms with van der Waals surface area (Å²) in [6.45, 7) is 2.30. The maximum Gasteiger partial charge on any atom is 0.0646 e. The molecule has 2 N–H and O–H groups in total. The number of nitrogens with two attached hydrogens (primary N) is 1. The minimum atomic E-state index is 0.672. The van der Waals surface area contributed by atoms with Gasteiger partial charge in [0.25, 0.3) is 0 Å². The van der Waals surface area contributed by atoms with E-state index in [1.54, 1.807) is 0 Å². The van der Waals surface area contributed by atoms with Crippen molar-refractivity contribution in [3.8, 4) is 0 Å². The van der Waals surface area contributed by atoms with E-state index in [2.05, 4.69) is 13.0 Å². The fourth-order valence-electron chi connectivity index (χ4n) is 2.49. The molecule has 0 aliphatic heterocycles. The van der Waals surface area contributed by atoms with Crippen molar-refractivity contribution < 1.29 is 0 Å². The van der Waals surface area contributed by atoms with Crippen LogP contribution in [0.4, 0.5) is 5.69 Å². The summed E-state index contributed by atoms with van der Waals surface area (Å²) in [5.74, 6) is 0.922. The number of nitrogen functional groups attached to an aromatic ring is 1. The molecule has 1 aromatic carbocycles. The molecule has 2 atom stereocenters. The highest BCUT2D eigenvalue weighted by atomic mass is 35.5. The van der Waals surface area contributed by atoms with E-state index in [1.165, 1.54) is 37.0 Å². The van der Waals surface area contributed by atoms with Gasteiger partial charge >= 0.3 is 0 Å². The number of rotatable bonds is 3. The zero-order valence-corrected chi connectivity index (χ0v) is 11.9. The van der Waals surface area contributed by atoms with Gasteiger partial charge in [-0.1, -0.05) is 37.8 Å². The maximum atomic E-state index is 6.05. The van der Waals surface area contributed by atoms with Crippen LogP contribution in [0, 0.1) is 5.92 Å². The van der Waals surface area contributed by atoms with Gasteiger partial charge in [0.1, 0.15) is 0 Å². The Bertz CT molecular complexity index is 380. The Hall–Kier alpha value is -0.340. The smallest absolute Gasteiger partial charge is 0.0646 e. The third-order valence-corrected chi connectivity index (χ3v) is 5.20. The number of hydrogen-bond donors (Lipinski definition) is 1. The van der Waals surface area contributed by atoms with E-state index in [0.29, 0.717) is 10.7 Å². The maximum absolute atomic E-state index is 6.05. The predicted octanol–water partition coefficient (Wildman–Crippen LogP) is 4.98. The van der Waals surface area contributed by atoms with Crippen molar-refractivity contribution in [2.75, 3.05) is 5.73 Å². The highest BCUT2D eigenvalue weighted by Crippen LogP contribution is 2.38. The van der Waals surface area contributed by atoms with Gasteiger partial charge in [0, 0.05) is 10.1 Å². The average Bonchev–Trinajstić information content (AvgIpc) is 2.34. The van der Waals surface area contributed by atoms with Gasteiger partial charge in [-0.05, 0) is 37.0 Å². The molecule has 0 bridgehead atoms. The summed E-state index contributed by atoms with van der Waals surface area (Å²) >= 11 is 8.02. The van der Waals surface area contributed by atoms with Gasteiger partial charge < -0.3 is 5.73 Å². The Balaban J connectivity index is 1.97. The van der Waals surface area contributed by atoms with E-state index in [4.69, 9.17) is 17.3 Å². The standard InChI is InChI=1S/C14H20ClNS/c1-2-10-4-3-5-11(8-10)17-12-6-7-14(16)13(15)9-12/h6-7,9-11H,2-5,8,16H2,1H3. The third-order valence-electron chi connectivity index (χ3n) is 3.59. The lowest BCUT2D eigenvalue weighted by molar-refractivity contribution is 0.357. The Kier molecular flexibility index (Phi) is 4.63. The average molecular weight is 270 g/mol. The van der Waals surface area contributed by atoms with Crippen LogP contribution in [0.5, 0.6) is 0 Å². The second-order valence-corrected chi connectivity index (χ2v) is 6.65. The number of benzene rings is 1. The first-order valence-electron chi connectivity index (χ1n) is 6.40. The van der Waals surface area contributed by atoms with Crippen molar-refractivity contribution >= 4 is 29.1 Å². The fraction of sp³-hybridized carbons (Fsp3) is 0.571. The number of halogens is 1. The molecular weight excluding hydrogens is 250 g/mol. The molecule has 0 saturated heterocycles. The van der Waals surface area contributed by atoms with E-state index in [1.807, 2.05) is 23.9 Å². The van der Waals surface area contributed by atoms with Crippen molar-refractivity contribution in [3.63, 3.8) is 0 Å². The van der Waals surface area contributed by atoms with E-state index in [0.717, 1.165) is 11.2 Å². The lowest BCUT2D eigenvalue weighted by Crippen LogP contribution is -2.16. The van der Waals surface area contributed by atoms with E-state index < -0.39 is 0 Å². The summed E-state index contributed by atoms with van der Waals surface area (Å²) in [6, 6.07) is 5.99. The van der Waals surface area contributed by atoms with Crippen LogP contribution in [-0.2, 0) is 0 Å². The molecule has 94 valence electrons.